The molecule has 1 aromatic carbocycles. The topological polar surface area (TPSA) is 62.3 Å². The molecule has 0 aliphatic rings. The molecule has 2 aromatic rings. The molecule has 1 heterocycles. The van der Waals surface area contributed by atoms with Gasteiger partial charge in [-0.05, 0) is 12.1 Å². The van der Waals surface area contributed by atoms with Gasteiger partial charge < -0.3 is 15.2 Å². The van der Waals surface area contributed by atoms with Crippen molar-refractivity contribution in [1.29, 1.82) is 0 Å². The smallest absolute Gasteiger partial charge is 0.165 e. The molecular formula is C12H15N3O2. The van der Waals surface area contributed by atoms with Crippen molar-refractivity contribution >= 4 is 5.69 Å². The monoisotopic (exact) mass is 233 g/mol. The summed E-state index contributed by atoms with van der Waals surface area (Å²) in [4.78, 5) is 0. The summed E-state index contributed by atoms with van der Waals surface area (Å²) < 4.78 is 12.4. The average Bonchev–Trinajstić information content (AvgIpc) is 2.77. The first-order valence-electron chi connectivity index (χ1n) is 5.33. The number of hydrogen-bond acceptors (Lipinski definition) is 4. The van der Waals surface area contributed by atoms with E-state index in [0.29, 0.717) is 30.3 Å². The Hall–Kier alpha value is -2.01. The van der Waals surface area contributed by atoms with Crippen molar-refractivity contribution < 1.29 is 9.47 Å². The van der Waals surface area contributed by atoms with Crippen LogP contribution in [0.15, 0.2) is 36.7 Å². The zero-order chi connectivity index (χ0) is 12.1. The van der Waals surface area contributed by atoms with Gasteiger partial charge in [0.25, 0.3) is 0 Å². The summed E-state index contributed by atoms with van der Waals surface area (Å²) in [5, 5.41) is 4.15. The van der Waals surface area contributed by atoms with E-state index in [0.717, 1.165) is 0 Å². The first-order valence-corrected chi connectivity index (χ1v) is 5.33. The zero-order valence-electron chi connectivity index (χ0n) is 9.67. The van der Waals surface area contributed by atoms with Gasteiger partial charge in [-0.1, -0.05) is 12.1 Å². The standard InChI is InChI=1S/C12H15N3O2/c1-16-7-6-15-9-10(8-14-15)17-12-5-3-2-4-11(12)13/h2-5,8-9H,6-7,13H2,1H3. The Kier molecular flexibility index (Phi) is 3.62. The van der Waals surface area contributed by atoms with Gasteiger partial charge in [-0.15, -0.1) is 0 Å². The van der Waals surface area contributed by atoms with Gasteiger partial charge in [0.05, 0.1) is 31.2 Å². The lowest BCUT2D eigenvalue weighted by Gasteiger charge is -2.05. The van der Waals surface area contributed by atoms with Gasteiger partial charge >= 0.3 is 0 Å². The Labute approximate surface area is 99.8 Å². The predicted molar refractivity (Wildman–Crippen MR) is 65.0 cm³/mol. The minimum absolute atomic E-state index is 0.608. The van der Waals surface area contributed by atoms with E-state index in [1.807, 2.05) is 24.4 Å². The summed E-state index contributed by atoms with van der Waals surface area (Å²) in [6.45, 7) is 1.32. The largest absolute Gasteiger partial charge is 0.452 e. The Balaban J connectivity index is 2.04. The van der Waals surface area contributed by atoms with Gasteiger partial charge in [0, 0.05) is 7.11 Å². The van der Waals surface area contributed by atoms with Crippen LogP contribution in [0.3, 0.4) is 0 Å². The highest BCUT2D eigenvalue weighted by atomic mass is 16.5. The second kappa shape index (κ2) is 5.36. The van der Waals surface area contributed by atoms with Crippen LogP contribution in [0.5, 0.6) is 11.5 Å². The third kappa shape index (κ3) is 2.98. The first kappa shape index (κ1) is 11.5. The molecule has 0 saturated carbocycles. The van der Waals surface area contributed by atoms with Crippen molar-refractivity contribution in [1.82, 2.24) is 9.78 Å². The maximum Gasteiger partial charge on any atom is 0.165 e. The highest BCUT2D eigenvalue weighted by molar-refractivity contribution is 5.53. The highest BCUT2D eigenvalue weighted by Crippen LogP contribution is 2.26. The van der Waals surface area contributed by atoms with Crippen LogP contribution < -0.4 is 10.5 Å². The van der Waals surface area contributed by atoms with Gasteiger partial charge in [0.1, 0.15) is 5.75 Å². The minimum atomic E-state index is 0.608. The van der Waals surface area contributed by atoms with Crippen LogP contribution in [-0.4, -0.2) is 23.5 Å². The van der Waals surface area contributed by atoms with Crippen molar-refractivity contribution in [2.75, 3.05) is 19.5 Å². The van der Waals surface area contributed by atoms with E-state index in [2.05, 4.69) is 5.10 Å². The molecular weight excluding hydrogens is 218 g/mol. The molecule has 17 heavy (non-hydrogen) atoms. The van der Waals surface area contributed by atoms with E-state index in [4.69, 9.17) is 15.2 Å². The summed E-state index contributed by atoms with van der Waals surface area (Å²) in [5.74, 6) is 1.30. The molecule has 2 rings (SSSR count). The number of rotatable bonds is 5. The van der Waals surface area contributed by atoms with Crippen molar-refractivity contribution in [3.05, 3.63) is 36.7 Å². The maximum absolute atomic E-state index is 5.78. The quantitative estimate of drug-likeness (QED) is 0.801. The van der Waals surface area contributed by atoms with Crippen LogP contribution >= 0.6 is 0 Å². The Morgan fingerprint density at radius 2 is 2.18 bits per heavy atom. The zero-order valence-corrected chi connectivity index (χ0v) is 9.67. The van der Waals surface area contributed by atoms with Crippen LogP contribution in [0.4, 0.5) is 5.69 Å². The summed E-state index contributed by atoms with van der Waals surface area (Å²) >= 11 is 0. The van der Waals surface area contributed by atoms with Crippen molar-refractivity contribution in [2.45, 2.75) is 6.54 Å². The molecule has 0 unspecified atom stereocenters. The van der Waals surface area contributed by atoms with Gasteiger partial charge in [0.2, 0.25) is 0 Å². The van der Waals surface area contributed by atoms with E-state index in [1.54, 1.807) is 24.1 Å². The number of hydrogen-bond donors (Lipinski definition) is 1. The lowest BCUT2D eigenvalue weighted by atomic mass is 10.3. The number of nitrogen functional groups attached to an aromatic ring is 1. The molecule has 90 valence electrons. The van der Waals surface area contributed by atoms with Gasteiger partial charge in [0.15, 0.2) is 5.75 Å². The number of anilines is 1. The fourth-order valence-corrected chi connectivity index (χ4v) is 1.40. The molecule has 0 amide bonds. The normalized spacial score (nSPS) is 10.4. The van der Waals surface area contributed by atoms with Crippen LogP contribution in [0.2, 0.25) is 0 Å². The molecule has 0 saturated heterocycles. The van der Waals surface area contributed by atoms with Crippen LogP contribution in [-0.2, 0) is 11.3 Å². The Bertz CT molecular complexity index is 482. The van der Waals surface area contributed by atoms with Gasteiger partial charge in [-0.2, -0.15) is 5.10 Å². The minimum Gasteiger partial charge on any atom is -0.452 e. The third-order valence-corrected chi connectivity index (χ3v) is 2.28. The van der Waals surface area contributed by atoms with Crippen LogP contribution in [0, 0.1) is 0 Å². The molecule has 0 bridgehead atoms. The number of nitrogens with zero attached hydrogens (tertiary/aromatic N) is 2. The number of methoxy groups -OCH3 is 1. The molecule has 5 heteroatoms. The first-order chi connectivity index (χ1) is 8.29. The number of para-hydroxylation sites is 2. The number of ether oxygens (including phenoxy) is 2. The van der Waals surface area contributed by atoms with E-state index >= 15 is 0 Å². The summed E-state index contributed by atoms with van der Waals surface area (Å²) in [7, 11) is 1.66. The lowest BCUT2D eigenvalue weighted by Crippen LogP contribution is -2.03. The fourth-order valence-electron chi connectivity index (χ4n) is 1.40. The third-order valence-electron chi connectivity index (χ3n) is 2.28. The molecule has 5 nitrogen and oxygen atoms in total. The van der Waals surface area contributed by atoms with Gasteiger partial charge in [-0.3, -0.25) is 4.68 Å². The number of benzene rings is 1. The van der Waals surface area contributed by atoms with Crippen LogP contribution in [0.25, 0.3) is 0 Å². The molecule has 1 aromatic heterocycles. The predicted octanol–water partition coefficient (Wildman–Crippen LogP) is 1.90. The average molecular weight is 233 g/mol. The van der Waals surface area contributed by atoms with E-state index in [-0.39, 0.29) is 0 Å². The Morgan fingerprint density at radius 1 is 1.35 bits per heavy atom. The second-order valence-corrected chi connectivity index (χ2v) is 3.57. The summed E-state index contributed by atoms with van der Waals surface area (Å²) in [6, 6.07) is 7.36. The lowest BCUT2D eigenvalue weighted by molar-refractivity contribution is 0.183. The fraction of sp³-hybridized carbons (Fsp3) is 0.250. The molecule has 0 aliphatic carbocycles. The summed E-state index contributed by atoms with van der Waals surface area (Å²) in [6.07, 6.45) is 3.47. The van der Waals surface area contributed by atoms with E-state index in [1.165, 1.54) is 0 Å². The summed E-state index contributed by atoms with van der Waals surface area (Å²) in [5.41, 5.74) is 6.39. The van der Waals surface area contributed by atoms with E-state index < -0.39 is 0 Å². The SMILES string of the molecule is COCCn1cc(Oc2ccccc2N)cn1. The number of aromatic nitrogens is 2. The van der Waals surface area contributed by atoms with Crippen LogP contribution in [0.1, 0.15) is 0 Å². The maximum atomic E-state index is 5.78. The number of nitrogens with two attached hydrogens (primary N) is 1. The van der Waals surface area contributed by atoms with Crippen molar-refractivity contribution in [3.8, 4) is 11.5 Å². The second-order valence-electron chi connectivity index (χ2n) is 3.57. The molecule has 0 spiro atoms. The molecule has 0 aliphatic heterocycles. The molecule has 0 fully saturated rings. The van der Waals surface area contributed by atoms with Crippen molar-refractivity contribution in [3.63, 3.8) is 0 Å². The van der Waals surface area contributed by atoms with E-state index in [9.17, 15) is 0 Å². The molecule has 2 N–H and O–H groups in total. The van der Waals surface area contributed by atoms with Gasteiger partial charge in [-0.25, -0.2) is 0 Å². The highest BCUT2D eigenvalue weighted by Gasteiger charge is 2.03. The van der Waals surface area contributed by atoms with Crippen molar-refractivity contribution in [2.24, 2.45) is 0 Å². The molecule has 0 radical (unpaired) electrons. The molecule has 0 atom stereocenters. The Morgan fingerprint density at radius 3 is 2.94 bits per heavy atom.